The number of hydrogen-bond acceptors (Lipinski definition) is 2. The zero-order valence-corrected chi connectivity index (χ0v) is 11.5. The van der Waals surface area contributed by atoms with Gasteiger partial charge in [0.1, 0.15) is 0 Å². The fourth-order valence-corrected chi connectivity index (χ4v) is 4.14. The third-order valence-corrected chi connectivity index (χ3v) is 5.14. The van der Waals surface area contributed by atoms with Crippen LogP contribution in [0.4, 0.5) is 0 Å². The predicted octanol–water partition coefficient (Wildman–Crippen LogP) is 2.81. The van der Waals surface area contributed by atoms with E-state index >= 15 is 0 Å². The largest absolute Gasteiger partial charge is 0.396 e. The van der Waals surface area contributed by atoms with E-state index in [0.29, 0.717) is 12.6 Å². The van der Waals surface area contributed by atoms with Crippen molar-refractivity contribution in [2.45, 2.75) is 52.0 Å². The minimum absolute atomic E-state index is 0.138. The Balaban J connectivity index is 1.77. The second-order valence-corrected chi connectivity index (χ2v) is 6.66. The lowest BCUT2D eigenvalue weighted by molar-refractivity contribution is 0.0640. The summed E-state index contributed by atoms with van der Waals surface area (Å²) in [5.41, 5.74) is 1.30. The van der Waals surface area contributed by atoms with Gasteiger partial charge in [-0.3, -0.25) is 4.68 Å². The molecule has 0 spiro atoms. The van der Waals surface area contributed by atoms with Gasteiger partial charge in [0.05, 0.1) is 5.69 Å². The lowest BCUT2D eigenvalue weighted by Gasteiger charge is -2.35. The third kappa shape index (κ3) is 1.89. The average Bonchev–Trinajstić information content (AvgIpc) is 3.03. The number of rotatable bonds is 4. The first kappa shape index (κ1) is 12.2. The van der Waals surface area contributed by atoms with E-state index in [1.165, 1.54) is 25.7 Å². The second-order valence-electron chi connectivity index (χ2n) is 6.66. The number of hydrogen-bond donors (Lipinski definition) is 1. The lowest BCUT2D eigenvalue weighted by atomic mass is 9.71. The van der Waals surface area contributed by atoms with Gasteiger partial charge < -0.3 is 5.11 Å². The van der Waals surface area contributed by atoms with Gasteiger partial charge in [-0.1, -0.05) is 6.42 Å². The highest BCUT2D eigenvalue weighted by Crippen LogP contribution is 2.56. The molecule has 2 bridgehead atoms. The third-order valence-electron chi connectivity index (χ3n) is 5.14. The summed E-state index contributed by atoms with van der Waals surface area (Å²) in [5, 5.41) is 14.5. The highest BCUT2D eigenvalue weighted by Gasteiger charge is 2.50. The summed E-state index contributed by atoms with van der Waals surface area (Å²) in [4.78, 5) is 0. The SMILES string of the molecule is CC(C)n1ccc(CC2(CO)CC3CCC2C3)n1. The molecule has 3 rings (SSSR count). The first-order chi connectivity index (χ1) is 8.63. The van der Waals surface area contributed by atoms with Crippen molar-refractivity contribution in [2.24, 2.45) is 17.3 Å². The van der Waals surface area contributed by atoms with E-state index in [9.17, 15) is 5.11 Å². The number of fused-ring (bicyclic) bond motifs is 2. The Hall–Kier alpha value is -0.830. The molecule has 0 amide bonds. The van der Waals surface area contributed by atoms with Crippen LogP contribution in [0.2, 0.25) is 0 Å². The lowest BCUT2D eigenvalue weighted by Crippen LogP contribution is -2.34. The maximum Gasteiger partial charge on any atom is 0.0631 e. The molecule has 0 radical (unpaired) electrons. The summed E-state index contributed by atoms with van der Waals surface area (Å²) in [7, 11) is 0. The Morgan fingerprint density at radius 1 is 1.50 bits per heavy atom. The van der Waals surface area contributed by atoms with Gasteiger partial charge >= 0.3 is 0 Å². The van der Waals surface area contributed by atoms with Crippen LogP contribution in [-0.2, 0) is 6.42 Å². The van der Waals surface area contributed by atoms with Crippen LogP contribution in [0.5, 0.6) is 0 Å². The molecule has 1 heterocycles. The Morgan fingerprint density at radius 2 is 2.33 bits per heavy atom. The molecule has 0 aliphatic heterocycles. The Labute approximate surface area is 109 Å². The number of aromatic nitrogens is 2. The first-order valence-electron chi connectivity index (χ1n) is 7.28. The van der Waals surface area contributed by atoms with E-state index in [1.54, 1.807) is 0 Å². The molecule has 3 heteroatoms. The van der Waals surface area contributed by atoms with E-state index in [1.807, 2.05) is 4.68 Å². The normalized spacial score (nSPS) is 34.7. The van der Waals surface area contributed by atoms with Crippen molar-refractivity contribution in [2.75, 3.05) is 6.61 Å². The maximum absolute atomic E-state index is 9.88. The van der Waals surface area contributed by atoms with Gasteiger partial charge in [0.25, 0.3) is 0 Å². The van der Waals surface area contributed by atoms with Crippen LogP contribution in [0.3, 0.4) is 0 Å². The highest BCUT2D eigenvalue weighted by molar-refractivity contribution is 5.09. The molecule has 18 heavy (non-hydrogen) atoms. The van der Waals surface area contributed by atoms with Crippen molar-refractivity contribution in [3.63, 3.8) is 0 Å². The molecule has 1 aromatic rings. The molecule has 3 nitrogen and oxygen atoms in total. The monoisotopic (exact) mass is 248 g/mol. The summed E-state index contributed by atoms with van der Waals surface area (Å²) in [6.45, 7) is 4.63. The zero-order valence-electron chi connectivity index (χ0n) is 11.5. The van der Waals surface area contributed by atoms with Gasteiger partial charge in [0.15, 0.2) is 0 Å². The highest BCUT2D eigenvalue weighted by atomic mass is 16.3. The van der Waals surface area contributed by atoms with Crippen molar-refractivity contribution in [1.29, 1.82) is 0 Å². The molecule has 2 fully saturated rings. The van der Waals surface area contributed by atoms with Crippen molar-refractivity contribution in [3.05, 3.63) is 18.0 Å². The van der Waals surface area contributed by atoms with Crippen LogP contribution in [0.25, 0.3) is 0 Å². The van der Waals surface area contributed by atoms with Gasteiger partial charge in [0.2, 0.25) is 0 Å². The summed E-state index contributed by atoms with van der Waals surface area (Å²) in [6, 6.07) is 2.55. The van der Waals surface area contributed by atoms with E-state index in [-0.39, 0.29) is 5.41 Å². The fourth-order valence-electron chi connectivity index (χ4n) is 4.14. The Morgan fingerprint density at radius 3 is 2.83 bits per heavy atom. The number of aliphatic hydroxyl groups is 1. The van der Waals surface area contributed by atoms with Gasteiger partial charge in [0, 0.05) is 24.3 Å². The molecule has 2 aliphatic rings. The van der Waals surface area contributed by atoms with E-state index < -0.39 is 0 Å². The molecular weight excluding hydrogens is 224 g/mol. The quantitative estimate of drug-likeness (QED) is 0.889. The van der Waals surface area contributed by atoms with E-state index in [2.05, 4.69) is 31.2 Å². The molecule has 3 atom stereocenters. The van der Waals surface area contributed by atoms with Crippen molar-refractivity contribution in [3.8, 4) is 0 Å². The maximum atomic E-state index is 9.88. The van der Waals surface area contributed by atoms with Gasteiger partial charge in [-0.25, -0.2) is 0 Å². The van der Waals surface area contributed by atoms with Crippen LogP contribution in [-0.4, -0.2) is 21.5 Å². The topological polar surface area (TPSA) is 38.0 Å². The van der Waals surface area contributed by atoms with Crippen LogP contribution in [0.15, 0.2) is 12.3 Å². The smallest absolute Gasteiger partial charge is 0.0631 e. The van der Waals surface area contributed by atoms with Crippen molar-refractivity contribution < 1.29 is 5.11 Å². The summed E-state index contributed by atoms with van der Waals surface area (Å²) in [5.74, 6) is 1.60. The summed E-state index contributed by atoms with van der Waals surface area (Å²) >= 11 is 0. The number of aliphatic hydroxyl groups excluding tert-OH is 1. The molecule has 0 aromatic carbocycles. The van der Waals surface area contributed by atoms with Crippen molar-refractivity contribution in [1.82, 2.24) is 9.78 Å². The molecule has 3 unspecified atom stereocenters. The molecular formula is C15H24N2O. The Kier molecular flexibility index (Phi) is 2.97. The van der Waals surface area contributed by atoms with Gasteiger partial charge in [-0.05, 0) is 57.4 Å². The Bertz CT molecular complexity index is 426. The van der Waals surface area contributed by atoms with Gasteiger partial charge in [-0.15, -0.1) is 0 Å². The summed E-state index contributed by atoms with van der Waals surface area (Å²) < 4.78 is 2.02. The minimum atomic E-state index is 0.138. The van der Waals surface area contributed by atoms with Crippen LogP contribution >= 0.6 is 0 Å². The van der Waals surface area contributed by atoms with Crippen LogP contribution in [0, 0.1) is 17.3 Å². The molecule has 2 saturated carbocycles. The minimum Gasteiger partial charge on any atom is -0.396 e. The van der Waals surface area contributed by atoms with E-state index in [4.69, 9.17) is 0 Å². The molecule has 1 aromatic heterocycles. The van der Waals surface area contributed by atoms with Crippen molar-refractivity contribution >= 4 is 0 Å². The number of nitrogens with zero attached hydrogens (tertiary/aromatic N) is 2. The predicted molar refractivity (Wildman–Crippen MR) is 71.3 cm³/mol. The van der Waals surface area contributed by atoms with Crippen LogP contribution in [0.1, 0.15) is 51.3 Å². The molecule has 1 N–H and O–H groups in total. The standard InChI is InChI=1S/C15H24N2O/c1-11(2)17-6-5-14(16-17)9-15(10-18)8-12-3-4-13(15)7-12/h5-6,11-13,18H,3-4,7-10H2,1-2H3. The second kappa shape index (κ2) is 4.37. The zero-order chi connectivity index (χ0) is 12.8. The summed E-state index contributed by atoms with van der Waals surface area (Å²) in [6.07, 6.45) is 8.28. The molecule has 0 saturated heterocycles. The van der Waals surface area contributed by atoms with Crippen LogP contribution < -0.4 is 0 Å². The average molecular weight is 248 g/mol. The first-order valence-corrected chi connectivity index (χ1v) is 7.28. The fraction of sp³-hybridized carbons (Fsp3) is 0.800. The van der Waals surface area contributed by atoms with E-state index in [0.717, 1.165) is 24.0 Å². The van der Waals surface area contributed by atoms with Gasteiger partial charge in [-0.2, -0.15) is 5.10 Å². The molecule has 2 aliphatic carbocycles. The molecule has 100 valence electrons.